The fourth-order valence-electron chi connectivity index (χ4n) is 4.47. The number of pyridine rings is 1. The summed E-state index contributed by atoms with van der Waals surface area (Å²) in [6.07, 6.45) is 1.90. The van der Waals surface area contributed by atoms with Crippen LogP contribution in [0.4, 0.5) is 0 Å². The van der Waals surface area contributed by atoms with Crippen molar-refractivity contribution in [1.82, 2.24) is 4.40 Å². The minimum Gasteiger partial charge on any atom is -0.469 e. The van der Waals surface area contributed by atoms with E-state index < -0.39 is 22.7 Å². The lowest BCUT2D eigenvalue weighted by Gasteiger charge is -2.24. The number of primary amides is 1. The second-order valence-corrected chi connectivity index (χ2v) is 11.5. The van der Waals surface area contributed by atoms with Gasteiger partial charge in [0, 0.05) is 28.3 Å². The summed E-state index contributed by atoms with van der Waals surface area (Å²) in [7, 11) is 1.32. The second kappa shape index (κ2) is 9.96. The Bertz CT molecular complexity index is 1400. The van der Waals surface area contributed by atoms with Crippen LogP contribution in [-0.2, 0) is 16.0 Å². The molecule has 2 aromatic heterocycles. The Morgan fingerprint density at radius 3 is 2.14 bits per heavy atom. The van der Waals surface area contributed by atoms with E-state index in [0.29, 0.717) is 16.6 Å². The van der Waals surface area contributed by atoms with E-state index in [1.165, 1.54) is 13.2 Å². The number of fused-ring (bicyclic) bond motifs is 1. The first-order valence-electron chi connectivity index (χ1n) is 12.3. The van der Waals surface area contributed by atoms with Gasteiger partial charge in [0.2, 0.25) is 11.7 Å². The highest BCUT2D eigenvalue weighted by molar-refractivity contribution is 6.15. The molecular weight excluding hydrogens is 468 g/mol. The van der Waals surface area contributed by atoms with Crippen molar-refractivity contribution in [3.05, 3.63) is 76.1 Å². The van der Waals surface area contributed by atoms with Gasteiger partial charge in [0.15, 0.2) is 5.78 Å². The molecule has 0 saturated heterocycles. The molecule has 1 aromatic carbocycles. The van der Waals surface area contributed by atoms with Crippen molar-refractivity contribution in [2.75, 3.05) is 7.11 Å². The highest BCUT2D eigenvalue weighted by Gasteiger charge is 2.38. The third-order valence-electron chi connectivity index (χ3n) is 6.62. The number of aromatic nitrogens is 1. The van der Waals surface area contributed by atoms with E-state index in [0.717, 1.165) is 5.56 Å². The standard InChI is InChI=1S/C30H36N2O5/c1-17(2)18-12-13-32-22(15-18)23(26(34)29(3,4)5)21(16-30(6,7)28(36)37-8)24(32)25(33)19-10-9-11-20(14-19)27(31)35/h9-15,17H,16H2,1-8H3,(H2,31,35). The molecule has 0 saturated carbocycles. The first-order chi connectivity index (χ1) is 17.1. The van der Waals surface area contributed by atoms with Crippen LogP contribution >= 0.6 is 0 Å². The fraction of sp³-hybridized carbons (Fsp3) is 0.400. The number of benzene rings is 1. The maximum absolute atomic E-state index is 14.1. The van der Waals surface area contributed by atoms with Crippen LogP contribution < -0.4 is 5.73 Å². The molecule has 0 radical (unpaired) electrons. The lowest BCUT2D eigenvalue weighted by molar-refractivity contribution is -0.150. The Morgan fingerprint density at radius 2 is 1.59 bits per heavy atom. The molecule has 0 atom stereocenters. The minimum absolute atomic E-state index is 0.103. The van der Waals surface area contributed by atoms with Crippen molar-refractivity contribution < 1.29 is 23.9 Å². The van der Waals surface area contributed by atoms with E-state index >= 15 is 0 Å². The van der Waals surface area contributed by atoms with E-state index in [2.05, 4.69) is 13.8 Å². The normalized spacial score (nSPS) is 12.1. The van der Waals surface area contributed by atoms with Crippen molar-refractivity contribution in [2.45, 2.75) is 60.8 Å². The summed E-state index contributed by atoms with van der Waals surface area (Å²) in [5.74, 6) is -1.41. The molecule has 37 heavy (non-hydrogen) atoms. The van der Waals surface area contributed by atoms with Gasteiger partial charge in [-0.05, 0) is 61.6 Å². The predicted molar refractivity (Wildman–Crippen MR) is 143 cm³/mol. The monoisotopic (exact) mass is 504 g/mol. The summed E-state index contributed by atoms with van der Waals surface area (Å²) in [5, 5.41) is 0. The summed E-state index contributed by atoms with van der Waals surface area (Å²) in [5.41, 5.74) is 6.96. The van der Waals surface area contributed by atoms with Gasteiger partial charge in [0.1, 0.15) is 0 Å². The van der Waals surface area contributed by atoms with Gasteiger partial charge in [0.25, 0.3) is 0 Å². The zero-order valence-electron chi connectivity index (χ0n) is 22.9. The van der Waals surface area contributed by atoms with E-state index in [1.807, 2.05) is 32.9 Å². The molecule has 0 spiro atoms. The van der Waals surface area contributed by atoms with E-state index in [9.17, 15) is 19.2 Å². The van der Waals surface area contributed by atoms with Gasteiger partial charge in [-0.15, -0.1) is 0 Å². The topological polar surface area (TPSA) is 108 Å². The number of hydrogen-bond acceptors (Lipinski definition) is 5. The number of nitrogens with zero attached hydrogens (tertiary/aromatic N) is 1. The van der Waals surface area contributed by atoms with Gasteiger partial charge >= 0.3 is 5.97 Å². The Balaban J connectivity index is 2.46. The molecule has 0 bridgehead atoms. The molecule has 7 nitrogen and oxygen atoms in total. The summed E-state index contributed by atoms with van der Waals surface area (Å²) in [6, 6.07) is 10.1. The molecule has 3 aromatic rings. The van der Waals surface area contributed by atoms with Crippen LogP contribution in [0.2, 0.25) is 0 Å². The average molecular weight is 505 g/mol. The van der Waals surface area contributed by atoms with Gasteiger partial charge in [-0.2, -0.15) is 0 Å². The number of Topliss-reactive ketones (excluding diaryl/α,β-unsaturated/α-hetero) is 1. The molecule has 0 aliphatic heterocycles. The molecule has 0 aliphatic rings. The SMILES string of the molecule is COC(=O)C(C)(C)Cc1c(C(=O)C(C)(C)C)c2cc(C(C)C)ccn2c1C(=O)c1cccc(C(N)=O)c1. The summed E-state index contributed by atoms with van der Waals surface area (Å²) >= 11 is 0. The van der Waals surface area contributed by atoms with Crippen LogP contribution in [0.15, 0.2) is 42.6 Å². The van der Waals surface area contributed by atoms with Crippen LogP contribution in [-0.4, -0.2) is 35.0 Å². The molecule has 2 N–H and O–H groups in total. The zero-order chi connectivity index (χ0) is 27.9. The molecule has 0 fully saturated rings. The number of amides is 1. The van der Waals surface area contributed by atoms with Crippen molar-refractivity contribution >= 4 is 29.0 Å². The number of nitrogens with two attached hydrogens (primary N) is 1. The van der Waals surface area contributed by atoms with Gasteiger partial charge in [-0.25, -0.2) is 0 Å². The van der Waals surface area contributed by atoms with Crippen molar-refractivity contribution in [1.29, 1.82) is 0 Å². The van der Waals surface area contributed by atoms with Gasteiger partial charge in [0.05, 0.1) is 23.7 Å². The van der Waals surface area contributed by atoms with Crippen LogP contribution in [0.3, 0.4) is 0 Å². The number of methoxy groups -OCH3 is 1. The molecule has 2 heterocycles. The Kier molecular flexibility index (Phi) is 7.49. The number of rotatable bonds is 8. The lowest BCUT2D eigenvalue weighted by Crippen LogP contribution is -2.30. The summed E-state index contributed by atoms with van der Waals surface area (Å²) in [4.78, 5) is 52.5. The highest BCUT2D eigenvalue weighted by Crippen LogP contribution is 2.37. The smallest absolute Gasteiger partial charge is 0.311 e. The van der Waals surface area contributed by atoms with E-state index in [-0.39, 0.29) is 40.7 Å². The average Bonchev–Trinajstić information content (AvgIpc) is 3.13. The molecule has 3 rings (SSSR count). The summed E-state index contributed by atoms with van der Waals surface area (Å²) in [6.45, 7) is 13.1. The van der Waals surface area contributed by atoms with E-state index in [4.69, 9.17) is 10.5 Å². The molecule has 0 unspecified atom stereocenters. The Hall–Kier alpha value is -3.74. The lowest BCUT2D eigenvalue weighted by atomic mass is 9.79. The molecule has 7 heteroatoms. The Labute approximate surface area is 218 Å². The van der Waals surface area contributed by atoms with Gasteiger partial charge < -0.3 is 14.9 Å². The predicted octanol–water partition coefficient (Wildman–Crippen LogP) is 5.36. The number of carbonyl (C=O) groups excluding carboxylic acids is 4. The number of hydrogen-bond donors (Lipinski definition) is 1. The van der Waals surface area contributed by atoms with Crippen LogP contribution in [0.25, 0.3) is 5.52 Å². The van der Waals surface area contributed by atoms with E-state index in [1.54, 1.807) is 42.6 Å². The maximum Gasteiger partial charge on any atom is 0.311 e. The fourth-order valence-corrected chi connectivity index (χ4v) is 4.47. The quantitative estimate of drug-likeness (QED) is 0.328. The minimum atomic E-state index is -1.02. The van der Waals surface area contributed by atoms with Gasteiger partial charge in [-0.3, -0.25) is 19.2 Å². The number of esters is 1. The van der Waals surface area contributed by atoms with Crippen LogP contribution in [0.1, 0.15) is 102 Å². The Morgan fingerprint density at radius 1 is 0.973 bits per heavy atom. The third-order valence-corrected chi connectivity index (χ3v) is 6.62. The van der Waals surface area contributed by atoms with Gasteiger partial charge in [-0.1, -0.05) is 46.8 Å². The largest absolute Gasteiger partial charge is 0.469 e. The second-order valence-electron chi connectivity index (χ2n) is 11.5. The molecular formula is C30H36N2O5. The molecule has 1 amide bonds. The number of ketones is 2. The molecule has 196 valence electrons. The van der Waals surface area contributed by atoms with Crippen molar-refractivity contribution in [3.63, 3.8) is 0 Å². The van der Waals surface area contributed by atoms with Crippen LogP contribution in [0, 0.1) is 10.8 Å². The first kappa shape index (κ1) is 27.8. The van der Waals surface area contributed by atoms with Crippen molar-refractivity contribution in [3.8, 4) is 0 Å². The molecule has 0 aliphatic carbocycles. The van der Waals surface area contributed by atoms with Crippen molar-refractivity contribution in [2.24, 2.45) is 16.6 Å². The number of carbonyl (C=O) groups is 4. The third kappa shape index (κ3) is 5.36. The maximum atomic E-state index is 14.1. The highest BCUT2D eigenvalue weighted by atomic mass is 16.5. The first-order valence-corrected chi connectivity index (χ1v) is 12.3. The zero-order valence-corrected chi connectivity index (χ0v) is 22.9. The van der Waals surface area contributed by atoms with Crippen LogP contribution in [0.5, 0.6) is 0 Å². The summed E-state index contributed by atoms with van der Waals surface area (Å²) < 4.78 is 6.77. The number of ether oxygens (including phenoxy) is 1.